The molecule has 3 rings (SSSR count). The Morgan fingerprint density at radius 1 is 1.21 bits per heavy atom. The summed E-state index contributed by atoms with van der Waals surface area (Å²) in [6, 6.07) is 16.4. The van der Waals surface area contributed by atoms with Crippen LogP contribution in [0.25, 0.3) is 11.4 Å². The Morgan fingerprint density at radius 3 is 2.57 bits per heavy atom. The Balaban J connectivity index is 1.68. The number of ether oxygens (including phenoxy) is 1. The van der Waals surface area contributed by atoms with Crippen LogP contribution in [0.5, 0.6) is 0 Å². The van der Waals surface area contributed by atoms with Crippen molar-refractivity contribution in [3.8, 4) is 11.4 Å². The number of carbonyl (C=O) groups excluding carboxylic acids is 1. The smallest absolute Gasteiger partial charge is 0.265 e. The van der Waals surface area contributed by atoms with Gasteiger partial charge in [-0.2, -0.15) is 4.98 Å². The van der Waals surface area contributed by atoms with Gasteiger partial charge in [-0.15, -0.1) is 0 Å². The third-order valence-corrected chi connectivity index (χ3v) is 4.00. The van der Waals surface area contributed by atoms with Crippen LogP contribution in [-0.2, 0) is 16.1 Å². The average molecular weight is 379 g/mol. The molecular weight excluding hydrogens is 358 g/mol. The quantitative estimate of drug-likeness (QED) is 0.407. The van der Waals surface area contributed by atoms with Gasteiger partial charge in [0.1, 0.15) is 5.84 Å². The van der Waals surface area contributed by atoms with E-state index in [0.717, 1.165) is 11.1 Å². The van der Waals surface area contributed by atoms with Gasteiger partial charge in [0, 0.05) is 24.3 Å². The van der Waals surface area contributed by atoms with Crippen molar-refractivity contribution in [2.75, 3.05) is 6.61 Å². The number of nitrogens with one attached hydrogen (secondary N) is 2. The summed E-state index contributed by atoms with van der Waals surface area (Å²) in [6.07, 6.45) is -0.994. The first-order valence-corrected chi connectivity index (χ1v) is 8.80. The van der Waals surface area contributed by atoms with Crippen molar-refractivity contribution in [3.05, 3.63) is 71.6 Å². The monoisotopic (exact) mass is 379 g/mol. The molecule has 0 unspecified atom stereocenters. The summed E-state index contributed by atoms with van der Waals surface area (Å²) in [4.78, 5) is 16.9. The molecule has 1 aromatic heterocycles. The highest BCUT2D eigenvalue weighted by atomic mass is 16.5. The van der Waals surface area contributed by atoms with Gasteiger partial charge in [-0.05, 0) is 12.5 Å². The van der Waals surface area contributed by atoms with Crippen LogP contribution in [0.2, 0.25) is 0 Å². The van der Waals surface area contributed by atoms with E-state index in [4.69, 9.17) is 20.4 Å². The van der Waals surface area contributed by atoms with E-state index in [1.54, 1.807) is 31.2 Å². The van der Waals surface area contributed by atoms with E-state index in [-0.39, 0.29) is 17.6 Å². The summed E-state index contributed by atoms with van der Waals surface area (Å²) in [5, 5.41) is 14.1. The topological polar surface area (TPSA) is 127 Å². The molecule has 1 atom stereocenters. The Morgan fingerprint density at radius 2 is 1.93 bits per heavy atom. The molecule has 0 saturated carbocycles. The van der Waals surface area contributed by atoms with Crippen LogP contribution in [0.4, 0.5) is 0 Å². The minimum Gasteiger partial charge on any atom is -0.384 e. The number of amides is 1. The van der Waals surface area contributed by atoms with Crippen LogP contribution in [0.1, 0.15) is 30.0 Å². The largest absolute Gasteiger partial charge is 0.384 e. The molecule has 3 aromatic rings. The minimum absolute atomic E-state index is 0.00221. The van der Waals surface area contributed by atoms with Crippen LogP contribution < -0.4 is 11.1 Å². The molecule has 0 aliphatic rings. The van der Waals surface area contributed by atoms with Crippen LogP contribution in [-0.4, -0.2) is 28.5 Å². The van der Waals surface area contributed by atoms with Gasteiger partial charge in [-0.1, -0.05) is 59.8 Å². The predicted octanol–water partition coefficient (Wildman–Crippen LogP) is 2.41. The van der Waals surface area contributed by atoms with E-state index >= 15 is 0 Å². The maximum Gasteiger partial charge on any atom is 0.265 e. The summed E-state index contributed by atoms with van der Waals surface area (Å²) in [5.74, 6) is 0.122. The van der Waals surface area contributed by atoms with Crippen molar-refractivity contribution >= 4 is 11.7 Å². The molecule has 28 heavy (non-hydrogen) atoms. The van der Waals surface area contributed by atoms with E-state index in [1.165, 1.54) is 0 Å². The lowest BCUT2D eigenvalue weighted by molar-refractivity contribution is -0.134. The number of rotatable bonds is 8. The zero-order valence-electron chi connectivity index (χ0n) is 15.4. The molecule has 8 heteroatoms. The summed E-state index contributed by atoms with van der Waals surface area (Å²) < 4.78 is 10.8. The summed E-state index contributed by atoms with van der Waals surface area (Å²) in [6.45, 7) is 2.39. The fraction of sp³-hybridized carbons (Fsp3) is 0.200. The fourth-order valence-electron chi connectivity index (χ4n) is 2.56. The molecule has 2 aromatic carbocycles. The van der Waals surface area contributed by atoms with Crippen molar-refractivity contribution in [1.29, 1.82) is 5.41 Å². The number of amidine groups is 1. The molecule has 1 heterocycles. The highest BCUT2D eigenvalue weighted by molar-refractivity contribution is 5.94. The van der Waals surface area contributed by atoms with Gasteiger partial charge in [0.2, 0.25) is 11.9 Å². The second-order valence-electron chi connectivity index (χ2n) is 5.99. The third kappa shape index (κ3) is 4.60. The van der Waals surface area contributed by atoms with Crippen LogP contribution >= 0.6 is 0 Å². The number of hydrogen-bond donors (Lipinski definition) is 3. The number of nitrogens with two attached hydrogens (primary N) is 1. The summed E-state index contributed by atoms with van der Waals surface area (Å²) in [7, 11) is 0. The van der Waals surface area contributed by atoms with E-state index < -0.39 is 6.10 Å². The van der Waals surface area contributed by atoms with Gasteiger partial charge in [0.05, 0.1) is 0 Å². The highest BCUT2D eigenvalue weighted by Crippen LogP contribution is 2.21. The molecule has 4 N–H and O–H groups in total. The van der Waals surface area contributed by atoms with E-state index in [1.807, 2.05) is 30.3 Å². The van der Waals surface area contributed by atoms with Crippen LogP contribution in [0, 0.1) is 5.41 Å². The Bertz CT molecular complexity index is 938. The highest BCUT2D eigenvalue weighted by Gasteiger charge is 2.27. The molecule has 0 bridgehead atoms. The normalized spacial score (nSPS) is 11.8. The van der Waals surface area contributed by atoms with E-state index in [0.29, 0.717) is 24.5 Å². The van der Waals surface area contributed by atoms with Crippen LogP contribution in [0.3, 0.4) is 0 Å². The number of nitrogens with zero attached hydrogens (tertiary/aromatic N) is 2. The number of nitrogen functional groups attached to an aromatic ring is 1. The van der Waals surface area contributed by atoms with E-state index in [2.05, 4.69) is 15.5 Å². The lowest BCUT2D eigenvalue weighted by Gasteiger charge is -2.13. The van der Waals surface area contributed by atoms with Crippen molar-refractivity contribution in [1.82, 2.24) is 15.5 Å². The number of aromatic nitrogens is 2. The number of carbonyl (C=O) groups is 1. The third-order valence-electron chi connectivity index (χ3n) is 4.00. The Kier molecular flexibility index (Phi) is 6.13. The molecular formula is C20H21N5O3. The van der Waals surface area contributed by atoms with Gasteiger partial charge in [-0.25, -0.2) is 0 Å². The van der Waals surface area contributed by atoms with E-state index in [9.17, 15) is 4.79 Å². The summed E-state index contributed by atoms with van der Waals surface area (Å²) >= 11 is 0. The van der Waals surface area contributed by atoms with Crippen molar-refractivity contribution in [3.63, 3.8) is 0 Å². The van der Waals surface area contributed by atoms with Gasteiger partial charge in [0.25, 0.3) is 11.8 Å². The molecule has 0 spiro atoms. The SMILES string of the molecule is CCO[C@H](C(=O)NCc1ccc(C(=N)N)cc1)c1nc(-c2ccccc2)no1. The first-order valence-electron chi connectivity index (χ1n) is 8.80. The maximum absolute atomic E-state index is 12.6. The molecule has 0 saturated heterocycles. The van der Waals surface area contributed by atoms with Crippen molar-refractivity contribution < 1.29 is 14.1 Å². The molecule has 8 nitrogen and oxygen atoms in total. The fourth-order valence-corrected chi connectivity index (χ4v) is 2.56. The minimum atomic E-state index is -0.994. The lowest BCUT2D eigenvalue weighted by Crippen LogP contribution is -2.30. The second kappa shape index (κ2) is 8.92. The molecule has 0 aliphatic heterocycles. The van der Waals surface area contributed by atoms with Gasteiger partial charge in [0.15, 0.2) is 0 Å². The Labute approximate surface area is 162 Å². The van der Waals surface area contributed by atoms with Gasteiger partial charge in [-0.3, -0.25) is 10.2 Å². The number of hydrogen-bond acceptors (Lipinski definition) is 6. The summed E-state index contributed by atoms with van der Waals surface area (Å²) in [5.41, 5.74) is 7.72. The lowest BCUT2D eigenvalue weighted by atomic mass is 10.1. The molecule has 1 amide bonds. The molecule has 144 valence electrons. The average Bonchev–Trinajstić information content (AvgIpc) is 3.21. The first-order chi connectivity index (χ1) is 13.6. The Hall–Kier alpha value is -3.52. The molecule has 0 fully saturated rings. The molecule has 0 radical (unpaired) electrons. The molecule has 0 aliphatic carbocycles. The first kappa shape index (κ1) is 19.2. The van der Waals surface area contributed by atoms with Crippen LogP contribution in [0.15, 0.2) is 59.1 Å². The zero-order chi connectivity index (χ0) is 19.9. The maximum atomic E-state index is 12.6. The van der Waals surface area contributed by atoms with Gasteiger partial charge >= 0.3 is 0 Å². The predicted molar refractivity (Wildman–Crippen MR) is 103 cm³/mol. The van der Waals surface area contributed by atoms with Gasteiger partial charge < -0.3 is 20.3 Å². The van der Waals surface area contributed by atoms with Crippen molar-refractivity contribution in [2.45, 2.75) is 19.6 Å². The second-order valence-corrected chi connectivity index (χ2v) is 5.99. The zero-order valence-corrected chi connectivity index (χ0v) is 15.4. The standard InChI is InChI=1S/C20H21N5O3/c1-2-27-16(20-24-18(25-28-20)15-6-4-3-5-7-15)19(26)23-12-13-8-10-14(11-9-13)17(21)22/h3-11,16H,2,12H2,1H3,(H3,21,22)(H,23,26)/t16-/m1/s1. The number of benzene rings is 2. The van der Waals surface area contributed by atoms with Crippen molar-refractivity contribution in [2.24, 2.45) is 5.73 Å².